The van der Waals surface area contributed by atoms with Crippen LogP contribution < -0.4 is 65.9 Å². The molecule has 384 valence electrons. The zero-order valence-electron chi connectivity index (χ0n) is 39.6. The van der Waals surface area contributed by atoms with Gasteiger partial charge in [0.15, 0.2) is 11.9 Å². The van der Waals surface area contributed by atoms with E-state index in [2.05, 4.69) is 59.8 Å². The largest absolute Gasteiger partial charge is 0.480 e. The highest BCUT2D eigenvalue weighted by Gasteiger charge is 2.38. The summed E-state index contributed by atoms with van der Waals surface area (Å²) in [4.78, 5) is 128. The van der Waals surface area contributed by atoms with Crippen molar-refractivity contribution < 1.29 is 48.3 Å². The van der Waals surface area contributed by atoms with Gasteiger partial charge in [0.25, 0.3) is 0 Å². The number of hydrogen-bond donors (Lipinski definition) is 14. The van der Waals surface area contributed by atoms with Gasteiger partial charge in [-0.3, -0.25) is 53.1 Å². The summed E-state index contributed by atoms with van der Waals surface area (Å²) in [5.74, 6) is -7.48. The number of carbonyl (C=O) groups is 9. The molecule has 1 saturated heterocycles. The molecule has 0 aromatic heterocycles. The summed E-state index contributed by atoms with van der Waals surface area (Å²) in [7, 11) is 0. The van der Waals surface area contributed by atoms with Crippen LogP contribution in [0.3, 0.4) is 0 Å². The molecule has 0 radical (unpaired) electrons. The SMILES string of the molecule is CC(C)C[C@H](NC(=O)[C@H](Cc1ccccc1)NC(=O)[C@H](CCCN=C(N)N)NC(=O)CNC(=O)[C@H](CCCN=C(N)N)NC(=O)[C@@H]1CCCN1C(=O)[C@@H](N)CS)C(=O)N[C@@H](C)C(=O)N[C@@H](C)C(=O)O. The van der Waals surface area contributed by atoms with Gasteiger partial charge in [-0.2, -0.15) is 12.6 Å². The number of aliphatic imine (C=N–C) groups is 2. The highest BCUT2D eigenvalue weighted by Crippen LogP contribution is 2.19. The Kier molecular flexibility index (Phi) is 25.3. The first kappa shape index (κ1) is 58.4. The van der Waals surface area contributed by atoms with Crippen molar-refractivity contribution in [3.8, 4) is 0 Å². The number of nitrogens with zero attached hydrogens (tertiary/aromatic N) is 3. The maximum Gasteiger partial charge on any atom is 0.325 e. The zero-order chi connectivity index (χ0) is 51.8. The van der Waals surface area contributed by atoms with Gasteiger partial charge in [0.1, 0.15) is 42.3 Å². The molecule has 1 fully saturated rings. The molecular formula is C43H71N15O10S. The third-order valence-electron chi connectivity index (χ3n) is 10.7. The molecule has 8 atom stereocenters. The fourth-order valence-electron chi connectivity index (χ4n) is 7.03. The Morgan fingerprint density at radius 2 is 1.25 bits per heavy atom. The number of thiol groups is 1. The zero-order valence-corrected chi connectivity index (χ0v) is 40.5. The average Bonchev–Trinajstić information content (AvgIpc) is 3.79. The molecule has 1 aromatic rings. The highest BCUT2D eigenvalue weighted by molar-refractivity contribution is 7.80. The molecule has 1 heterocycles. The van der Waals surface area contributed by atoms with Crippen molar-refractivity contribution in [1.29, 1.82) is 0 Å². The molecule has 1 aliphatic heterocycles. The molecule has 26 heteroatoms. The smallest absolute Gasteiger partial charge is 0.325 e. The number of amides is 8. The van der Waals surface area contributed by atoms with Gasteiger partial charge in [0, 0.05) is 31.8 Å². The van der Waals surface area contributed by atoms with Gasteiger partial charge < -0.3 is 75.9 Å². The Balaban J connectivity index is 2.33. The topological polar surface area (TPSA) is 416 Å². The number of carboxylic acids is 1. The Morgan fingerprint density at radius 3 is 1.80 bits per heavy atom. The van der Waals surface area contributed by atoms with Crippen molar-refractivity contribution in [2.45, 2.75) is 127 Å². The summed E-state index contributed by atoms with van der Waals surface area (Å²) in [5.41, 5.74) is 28.4. The summed E-state index contributed by atoms with van der Waals surface area (Å²) in [6, 6.07) is -0.625. The first-order valence-corrected chi connectivity index (χ1v) is 23.3. The Hall–Kier alpha value is -6.70. The van der Waals surface area contributed by atoms with Gasteiger partial charge in [-0.05, 0) is 70.3 Å². The van der Waals surface area contributed by atoms with Crippen LogP contribution in [0.15, 0.2) is 40.3 Å². The summed E-state index contributed by atoms with van der Waals surface area (Å²) in [5, 5.41) is 27.1. The van der Waals surface area contributed by atoms with E-state index in [0.717, 1.165) is 0 Å². The summed E-state index contributed by atoms with van der Waals surface area (Å²) in [6.07, 6.45) is 1.31. The Morgan fingerprint density at radius 1 is 0.710 bits per heavy atom. The second-order valence-corrected chi connectivity index (χ2v) is 17.4. The quantitative estimate of drug-likeness (QED) is 0.0157. The van der Waals surface area contributed by atoms with E-state index in [4.69, 9.17) is 28.7 Å². The number of carboxylic acid groups (broad SMARTS) is 1. The van der Waals surface area contributed by atoms with Crippen LogP contribution >= 0.6 is 12.6 Å². The molecule has 0 spiro atoms. The van der Waals surface area contributed by atoms with Crippen molar-refractivity contribution in [2.24, 2.45) is 44.6 Å². The van der Waals surface area contributed by atoms with Gasteiger partial charge in [0.2, 0.25) is 47.3 Å². The summed E-state index contributed by atoms with van der Waals surface area (Å²) < 4.78 is 0. The molecule has 0 bridgehead atoms. The van der Waals surface area contributed by atoms with Crippen molar-refractivity contribution in [2.75, 3.05) is 31.9 Å². The average molecular weight is 990 g/mol. The molecule has 25 nitrogen and oxygen atoms in total. The van der Waals surface area contributed by atoms with Gasteiger partial charge in [-0.25, -0.2) is 0 Å². The minimum atomic E-state index is -1.32. The van der Waals surface area contributed by atoms with E-state index in [0.29, 0.717) is 18.4 Å². The first-order valence-electron chi connectivity index (χ1n) is 22.7. The van der Waals surface area contributed by atoms with Crippen LogP contribution in [0.25, 0.3) is 0 Å². The number of aliphatic carboxylic acids is 1. The standard InChI is InChI=1S/C43H71N15O10S/c1-23(2)19-30(37(63)52-24(3)34(60)53-25(4)41(67)68)56-38(64)31(20-26-11-6-5-7-12-26)57-36(62)29(14-9-17-50-43(47)48)54-33(59)21-51-35(61)28(13-8-16-49-42(45)46)55-39(65)32-15-10-18-58(32)40(66)27(44)22-69/h5-7,11-12,23-25,27-32,69H,8-10,13-22,44H2,1-4H3,(H,51,61)(H,52,63)(H,53,60)(H,54,59)(H,55,65)(H,56,64)(H,57,62)(H,67,68)(H4,45,46,49)(H4,47,48,50)/t24-,25-,27-,28-,29-,30-,31-,32-/m0/s1. The van der Waals surface area contributed by atoms with Crippen LogP contribution in [-0.4, -0.2) is 155 Å². The second-order valence-electron chi connectivity index (χ2n) is 17.0. The fraction of sp³-hybridized carbons (Fsp3) is 0.605. The van der Waals surface area contributed by atoms with Crippen LogP contribution in [-0.2, 0) is 49.6 Å². The number of benzene rings is 1. The van der Waals surface area contributed by atoms with Crippen LogP contribution in [0, 0.1) is 5.92 Å². The van der Waals surface area contributed by atoms with Crippen LogP contribution in [0.2, 0.25) is 0 Å². The lowest BCUT2D eigenvalue weighted by atomic mass is 10.0. The number of carbonyl (C=O) groups excluding carboxylic acids is 8. The third kappa shape index (κ3) is 21.4. The van der Waals surface area contributed by atoms with Crippen molar-refractivity contribution in [1.82, 2.24) is 42.1 Å². The van der Waals surface area contributed by atoms with Gasteiger partial charge in [-0.1, -0.05) is 44.2 Å². The maximum atomic E-state index is 14.1. The Bertz CT molecular complexity index is 1980. The Labute approximate surface area is 406 Å². The minimum absolute atomic E-state index is 0.0353. The van der Waals surface area contributed by atoms with Gasteiger partial charge >= 0.3 is 5.97 Å². The predicted molar refractivity (Wildman–Crippen MR) is 260 cm³/mol. The minimum Gasteiger partial charge on any atom is -0.480 e. The monoisotopic (exact) mass is 990 g/mol. The molecular weight excluding hydrogens is 919 g/mol. The van der Waals surface area contributed by atoms with E-state index in [-0.39, 0.29) is 81.7 Å². The lowest BCUT2D eigenvalue weighted by molar-refractivity contribution is -0.141. The van der Waals surface area contributed by atoms with Gasteiger partial charge in [-0.15, -0.1) is 0 Å². The molecule has 0 saturated carbocycles. The fourth-order valence-corrected chi connectivity index (χ4v) is 7.19. The van der Waals surface area contributed by atoms with E-state index in [1.54, 1.807) is 44.2 Å². The normalized spacial score (nSPS) is 16.2. The molecule has 1 aromatic carbocycles. The van der Waals surface area contributed by atoms with E-state index in [1.807, 2.05) is 0 Å². The third-order valence-corrected chi connectivity index (χ3v) is 11.1. The summed E-state index contributed by atoms with van der Waals surface area (Å²) in [6.45, 7) is 6.03. The number of likely N-dealkylation sites (tertiary alicyclic amines) is 1. The van der Waals surface area contributed by atoms with Crippen LogP contribution in [0.4, 0.5) is 0 Å². The number of rotatable bonds is 29. The molecule has 1 aliphatic rings. The predicted octanol–water partition coefficient (Wildman–Crippen LogP) is -4.22. The van der Waals surface area contributed by atoms with Crippen molar-refractivity contribution in [3.05, 3.63) is 35.9 Å². The first-order chi connectivity index (χ1) is 32.5. The number of guanidine groups is 2. The lowest BCUT2D eigenvalue weighted by Crippen LogP contribution is -2.59. The molecule has 0 unspecified atom stereocenters. The molecule has 8 amide bonds. The van der Waals surface area contributed by atoms with E-state index in [9.17, 15) is 48.3 Å². The van der Waals surface area contributed by atoms with Crippen molar-refractivity contribution >= 4 is 77.8 Å². The molecule has 2 rings (SSSR count). The summed E-state index contributed by atoms with van der Waals surface area (Å²) >= 11 is 4.09. The van der Waals surface area contributed by atoms with E-state index < -0.39 is 108 Å². The van der Waals surface area contributed by atoms with Gasteiger partial charge in [0.05, 0.1) is 12.6 Å². The molecule has 0 aliphatic carbocycles. The molecule has 18 N–H and O–H groups in total. The molecule has 69 heavy (non-hydrogen) atoms. The van der Waals surface area contributed by atoms with Crippen LogP contribution in [0.5, 0.6) is 0 Å². The van der Waals surface area contributed by atoms with Crippen LogP contribution in [0.1, 0.15) is 78.2 Å². The van der Waals surface area contributed by atoms with Crippen molar-refractivity contribution in [3.63, 3.8) is 0 Å². The maximum absolute atomic E-state index is 14.1. The number of hydrogen-bond acceptors (Lipinski definition) is 13. The number of nitrogens with two attached hydrogens (primary N) is 5. The second kappa shape index (κ2) is 29.9. The lowest BCUT2D eigenvalue weighted by Gasteiger charge is -2.28. The van der Waals surface area contributed by atoms with E-state index >= 15 is 0 Å². The van der Waals surface area contributed by atoms with E-state index in [1.165, 1.54) is 18.7 Å². The number of nitrogens with one attached hydrogen (secondary N) is 7. The highest BCUT2D eigenvalue weighted by atomic mass is 32.1.